The molecule has 0 spiro atoms. The summed E-state index contributed by atoms with van der Waals surface area (Å²) in [6.07, 6.45) is 1.29. The van der Waals surface area contributed by atoms with Gasteiger partial charge < -0.3 is 14.8 Å². The van der Waals surface area contributed by atoms with Gasteiger partial charge in [-0.1, -0.05) is 28.1 Å². The van der Waals surface area contributed by atoms with Gasteiger partial charge >= 0.3 is 7.05 Å². The first-order valence-electron chi connectivity index (χ1n) is 6.98. The van der Waals surface area contributed by atoms with Gasteiger partial charge in [0.15, 0.2) is 0 Å². The first-order chi connectivity index (χ1) is 10.4. The Morgan fingerprint density at radius 1 is 1.41 bits per heavy atom. The van der Waals surface area contributed by atoms with Crippen molar-refractivity contribution in [1.29, 1.82) is 0 Å². The number of benzene rings is 1. The van der Waals surface area contributed by atoms with E-state index < -0.39 is 25.6 Å². The van der Waals surface area contributed by atoms with E-state index in [0.717, 1.165) is 15.7 Å². The SMILES string of the molecule is CB(O)N1CC(F)(F)C[C@H]1c1ncc(-c2ccc(Br)cc2)[nH]1. The third-order valence-corrected chi connectivity index (χ3v) is 4.38. The van der Waals surface area contributed by atoms with E-state index in [2.05, 4.69) is 25.9 Å². The van der Waals surface area contributed by atoms with Gasteiger partial charge in [-0.15, -0.1) is 0 Å². The maximum absolute atomic E-state index is 13.7. The fraction of sp³-hybridized carbons (Fsp3) is 0.357. The Hall–Kier alpha value is -1.25. The first-order valence-corrected chi connectivity index (χ1v) is 7.77. The number of rotatable bonds is 3. The number of aromatic amines is 1. The fourth-order valence-electron chi connectivity index (χ4n) is 2.77. The molecule has 116 valence electrons. The zero-order chi connectivity index (χ0) is 15.9. The number of nitrogens with one attached hydrogen (secondary N) is 1. The highest BCUT2D eigenvalue weighted by Crippen LogP contribution is 2.40. The van der Waals surface area contributed by atoms with Crippen LogP contribution >= 0.6 is 15.9 Å². The molecule has 1 fully saturated rings. The largest absolute Gasteiger partial charge is 0.437 e. The Kier molecular flexibility index (Phi) is 4.09. The van der Waals surface area contributed by atoms with Crippen molar-refractivity contribution >= 4 is 23.0 Å². The monoisotopic (exact) mass is 369 g/mol. The molecule has 0 aliphatic carbocycles. The molecular weight excluding hydrogens is 355 g/mol. The molecule has 1 aliphatic heterocycles. The van der Waals surface area contributed by atoms with Crippen LogP contribution in [0.4, 0.5) is 8.78 Å². The Balaban J connectivity index is 1.88. The van der Waals surface area contributed by atoms with Crippen LogP contribution < -0.4 is 0 Å². The number of alkyl halides is 2. The van der Waals surface area contributed by atoms with Crippen LogP contribution in [-0.4, -0.2) is 39.3 Å². The minimum atomic E-state index is -2.81. The Labute approximate surface area is 135 Å². The molecule has 1 aromatic heterocycles. The number of imidazole rings is 1. The van der Waals surface area contributed by atoms with Gasteiger partial charge in [0.2, 0.25) is 0 Å². The Morgan fingerprint density at radius 2 is 2.09 bits per heavy atom. The lowest BCUT2D eigenvalue weighted by atomic mass is 9.84. The third kappa shape index (κ3) is 3.09. The van der Waals surface area contributed by atoms with E-state index in [1.165, 1.54) is 11.6 Å². The summed E-state index contributed by atoms with van der Waals surface area (Å²) in [5.41, 5.74) is 1.69. The average Bonchev–Trinajstić information content (AvgIpc) is 3.03. The number of nitrogens with zero attached hydrogens (tertiary/aromatic N) is 2. The molecule has 0 amide bonds. The summed E-state index contributed by atoms with van der Waals surface area (Å²) in [6.45, 7) is 1.04. The summed E-state index contributed by atoms with van der Waals surface area (Å²) in [4.78, 5) is 8.71. The lowest BCUT2D eigenvalue weighted by Crippen LogP contribution is -2.38. The summed E-state index contributed by atoms with van der Waals surface area (Å²) in [6, 6.07) is 7.02. The van der Waals surface area contributed by atoms with Crippen LogP contribution in [-0.2, 0) is 0 Å². The van der Waals surface area contributed by atoms with Crippen LogP contribution in [0.3, 0.4) is 0 Å². The van der Waals surface area contributed by atoms with E-state index in [4.69, 9.17) is 0 Å². The molecular formula is C14H15BBrF2N3O. The van der Waals surface area contributed by atoms with Crippen molar-refractivity contribution in [2.45, 2.75) is 25.2 Å². The summed E-state index contributed by atoms with van der Waals surface area (Å²) in [5, 5.41) is 9.72. The summed E-state index contributed by atoms with van der Waals surface area (Å²) in [7, 11) is -0.945. The molecule has 0 unspecified atom stereocenters. The van der Waals surface area contributed by atoms with Crippen molar-refractivity contribution in [3.8, 4) is 11.3 Å². The first kappa shape index (κ1) is 15.6. The highest BCUT2D eigenvalue weighted by molar-refractivity contribution is 9.10. The van der Waals surface area contributed by atoms with Crippen molar-refractivity contribution in [1.82, 2.24) is 14.8 Å². The molecule has 22 heavy (non-hydrogen) atoms. The number of halogens is 3. The molecule has 4 nitrogen and oxygen atoms in total. The van der Waals surface area contributed by atoms with E-state index in [-0.39, 0.29) is 6.42 Å². The smallest absolute Gasteiger partial charge is 0.377 e. The summed E-state index contributed by atoms with van der Waals surface area (Å²) < 4.78 is 28.3. The molecule has 3 rings (SSSR count). The van der Waals surface area contributed by atoms with Crippen LogP contribution in [0.1, 0.15) is 18.3 Å². The number of aromatic nitrogens is 2. The lowest BCUT2D eigenvalue weighted by molar-refractivity contribution is 0.0161. The van der Waals surface area contributed by atoms with Crippen LogP contribution in [0, 0.1) is 0 Å². The van der Waals surface area contributed by atoms with E-state index in [0.29, 0.717) is 5.82 Å². The van der Waals surface area contributed by atoms with Crippen molar-refractivity contribution in [3.63, 3.8) is 0 Å². The quantitative estimate of drug-likeness (QED) is 0.816. The summed E-state index contributed by atoms with van der Waals surface area (Å²) >= 11 is 3.37. The van der Waals surface area contributed by atoms with Crippen LogP contribution in [0.15, 0.2) is 34.9 Å². The molecule has 2 aromatic rings. The van der Waals surface area contributed by atoms with Crippen molar-refractivity contribution in [2.75, 3.05) is 6.54 Å². The van der Waals surface area contributed by atoms with Gasteiger partial charge in [0.1, 0.15) is 5.82 Å². The molecule has 2 heterocycles. The average molecular weight is 370 g/mol. The van der Waals surface area contributed by atoms with Crippen LogP contribution in [0.2, 0.25) is 6.82 Å². The van der Waals surface area contributed by atoms with E-state index in [1.807, 2.05) is 24.3 Å². The van der Waals surface area contributed by atoms with Gasteiger partial charge in [0.25, 0.3) is 5.92 Å². The van der Waals surface area contributed by atoms with Gasteiger partial charge in [-0.2, -0.15) is 0 Å². The minimum absolute atomic E-state index is 0.342. The maximum Gasteiger partial charge on any atom is 0.377 e. The Bertz CT molecular complexity index is 662. The molecule has 0 saturated carbocycles. The molecule has 0 radical (unpaired) electrons. The van der Waals surface area contributed by atoms with E-state index >= 15 is 0 Å². The fourth-order valence-corrected chi connectivity index (χ4v) is 3.03. The highest BCUT2D eigenvalue weighted by atomic mass is 79.9. The molecule has 8 heteroatoms. The van der Waals surface area contributed by atoms with Gasteiger partial charge in [-0.25, -0.2) is 13.8 Å². The number of hydrogen-bond acceptors (Lipinski definition) is 3. The third-order valence-electron chi connectivity index (χ3n) is 3.85. The molecule has 2 N–H and O–H groups in total. The van der Waals surface area contributed by atoms with Gasteiger partial charge in [-0.05, 0) is 24.5 Å². The second-order valence-electron chi connectivity index (χ2n) is 5.57. The molecule has 1 saturated heterocycles. The topological polar surface area (TPSA) is 52.1 Å². The van der Waals surface area contributed by atoms with Crippen molar-refractivity contribution in [3.05, 3.63) is 40.8 Å². The van der Waals surface area contributed by atoms with Crippen LogP contribution in [0.25, 0.3) is 11.3 Å². The zero-order valence-electron chi connectivity index (χ0n) is 11.9. The van der Waals surface area contributed by atoms with Gasteiger partial charge in [0, 0.05) is 10.9 Å². The minimum Gasteiger partial charge on any atom is -0.437 e. The van der Waals surface area contributed by atoms with Gasteiger partial charge in [0.05, 0.1) is 24.5 Å². The van der Waals surface area contributed by atoms with Crippen LogP contribution in [0.5, 0.6) is 0 Å². The number of H-pyrrole nitrogens is 1. The van der Waals surface area contributed by atoms with E-state index in [1.54, 1.807) is 6.20 Å². The maximum atomic E-state index is 13.7. The molecule has 1 atom stereocenters. The van der Waals surface area contributed by atoms with Gasteiger partial charge in [-0.3, -0.25) is 0 Å². The van der Waals surface area contributed by atoms with Crippen molar-refractivity contribution in [2.24, 2.45) is 0 Å². The lowest BCUT2D eigenvalue weighted by Gasteiger charge is -2.22. The number of hydrogen-bond donors (Lipinski definition) is 2. The summed E-state index contributed by atoms with van der Waals surface area (Å²) in [5.74, 6) is -2.36. The standard InChI is InChI=1S/C14H15BBrF2N3O/c1-15(22)21-8-14(17,18)6-12(21)13-19-7-11(20-13)9-2-4-10(16)5-3-9/h2-5,7,12,22H,6,8H2,1H3,(H,19,20)/t12-/m0/s1. The normalized spacial score (nSPS) is 21.2. The molecule has 1 aromatic carbocycles. The highest BCUT2D eigenvalue weighted by Gasteiger charge is 2.48. The zero-order valence-corrected chi connectivity index (χ0v) is 13.5. The predicted molar refractivity (Wildman–Crippen MR) is 84.6 cm³/mol. The second kappa shape index (κ2) is 5.75. The second-order valence-corrected chi connectivity index (χ2v) is 6.48. The van der Waals surface area contributed by atoms with Crippen molar-refractivity contribution < 1.29 is 13.8 Å². The Morgan fingerprint density at radius 3 is 2.73 bits per heavy atom. The molecule has 0 bridgehead atoms. The molecule has 1 aliphatic rings. The predicted octanol–water partition coefficient (Wildman–Crippen LogP) is 3.33. The van der Waals surface area contributed by atoms with E-state index in [9.17, 15) is 13.8 Å².